The lowest BCUT2D eigenvalue weighted by Gasteiger charge is -2.25. The van der Waals surface area contributed by atoms with Gasteiger partial charge in [-0.05, 0) is 31.1 Å². The molecule has 0 spiro atoms. The van der Waals surface area contributed by atoms with E-state index < -0.39 is 5.97 Å². The Labute approximate surface area is 159 Å². The van der Waals surface area contributed by atoms with Crippen LogP contribution in [0.15, 0.2) is 72.0 Å². The van der Waals surface area contributed by atoms with Crippen LogP contribution in [-0.2, 0) is 19.1 Å². The van der Waals surface area contributed by atoms with Gasteiger partial charge in [-0.1, -0.05) is 66.2 Å². The monoisotopic (exact) mass is 362 g/mol. The van der Waals surface area contributed by atoms with Crippen LogP contribution in [-0.4, -0.2) is 18.5 Å². The molecule has 0 saturated carbocycles. The number of ether oxygens (including phenoxy) is 2. The lowest BCUT2D eigenvalue weighted by molar-refractivity contribution is -0.143. The van der Waals surface area contributed by atoms with Gasteiger partial charge in [0.25, 0.3) is 0 Å². The van der Waals surface area contributed by atoms with E-state index in [-0.39, 0.29) is 30.7 Å². The highest BCUT2D eigenvalue weighted by molar-refractivity contribution is 5.95. The summed E-state index contributed by atoms with van der Waals surface area (Å²) < 4.78 is 10.7. The summed E-state index contributed by atoms with van der Waals surface area (Å²) in [6.07, 6.45) is 3.60. The molecule has 1 heterocycles. The van der Waals surface area contributed by atoms with E-state index in [9.17, 15) is 9.59 Å². The van der Waals surface area contributed by atoms with E-state index >= 15 is 0 Å². The van der Waals surface area contributed by atoms with Crippen molar-refractivity contribution in [3.8, 4) is 0 Å². The van der Waals surface area contributed by atoms with Crippen LogP contribution in [0, 0.1) is 6.92 Å². The average molecular weight is 362 g/mol. The number of hydrogen-bond acceptors (Lipinski definition) is 4. The lowest BCUT2D eigenvalue weighted by Crippen LogP contribution is -2.25. The first-order valence-electron chi connectivity index (χ1n) is 9.00. The molecule has 4 heteroatoms. The second-order valence-electron chi connectivity index (χ2n) is 6.38. The van der Waals surface area contributed by atoms with Crippen molar-refractivity contribution in [2.75, 3.05) is 6.61 Å². The highest BCUT2D eigenvalue weighted by Crippen LogP contribution is 2.36. The summed E-state index contributed by atoms with van der Waals surface area (Å²) in [5.41, 5.74) is 3.34. The van der Waals surface area contributed by atoms with Gasteiger partial charge in [-0.3, -0.25) is 4.79 Å². The van der Waals surface area contributed by atoms with Gasteiger partial charge in [0.2, 0.25) is 0 Å². The first kappa shape index (κ1) is 18.6. The van der Waals surface area contributed by atoms with Crippen LogP contribution in [0.3, 0.4) is 0 Å². The summed E-state index contributed by atoms with van der Waals surface area (Å²) in [5, 5.41) is 0. The van der Waals surface area contributed by atoms with E-state index in [1.807, 2.05) is 67.6 Å². The minimum absolute atomic E-state index is 0.111. The van der Waals surface area contributed by atoms with E-state index in [0.29, 0.717) is 5.57 Å². The topological polar surface area (TPSA) is 52.6 Å². The van der Waals surface area contributed by atoms with Crippen molar-refractivity contribution in [1.29, 1.82) is 0 Å². The van der Waals surface area contributed by atoms with Gasteiger partial charge in [0.05, 0.1) is 18.6 Å². The summed E-state index contributed by atoms with van der Waals surface area (Å²) in [5.74, 6) is -0.954. The maximum Gasteiger partial charge on any atom is 0.338 e. The molecular formula is C23H22O4. The van der Waals surface area contributed by atoms with Crippen LogP contribution in [0.4, 0.5) is 0 Å². The highest BCUT2D eigenvalue weighted by Gasteiger charge is 2.35. The van der Waals surface area contributed by atoms with Crippen molar-refractivity contribution >= 4 is 18.0 Å². The molecule has 27 heavy (non-hydrogen) atoms. The van der Waals surface area contributed by atoms with Crippen LogP contribution < -0.4 is 0 Å². The quantitative estimate of drug-likeness (QED) is 0.732. The molecule has 2 aromatic rings. The molecule has 138 valence electrons. The van der Waals surface area contributed by atoms with Crippen molar-refractivity contribution in [1.82, 2.24) is 0 Å². The van der Waals surface area contributed by atoms with Gasteiger partial charge in [0.15, 0.2) is 0 Å². The van der Waals surface area contributed by atoms with Crippen molar-refractivity contribution in [3.63, 3.8) is 0 Å². The Morgan fingerprint density at radius 1 is 1.11 bits per heavy atom. The molecule has 1 aliphatic rings. The van der Waals surface area contributed by atoms with E-state index in [2.05, 4.69) is 0 Å². The maximum absolute atomic E-state index is 12.7. The minimum Gasteiger partial charge on any atom is -0.463 e. The largest absolute Gasteiger partial charge is 0.463 e. The molecule has 0 amide bonds. The fourth-order valence-electron chi connectivity index (χ4n) is 3.05. The molecular weight excluding hydrogens is 340 g/mol. The molecule has 0 aliphatic carbocycles. The van der Waals surface area contributed by atoms with E-state index in [1.165, 1.54) is 0 Å². The Morgan fingerprint density at radius 3 is 2.48 bits per heavy atom. The Morgan fingerprint density at radius 2 is 1.81 bits per heavy atom. The Bertz CT molecular complexity index is 876. The molecule has 4 nitrogen and oxygen atoms in total. The Hall–Kier alpha value is -3.14. The number of aryl methyl sites for hydroxylation is 1. The molecule has 0 saturated heterocycles. The second kappa shape index (κ2) is 8.49. The fraction of sp³-hybridized carbons (Fsp3) is 0.217. The van der Waals surface area contributed by atoms with Gasteiger partial charge in [0.1, 0.15) is 5.76 Å². The molecule has 2 aromatic carbocycles. The van der Waals surface area contributed by atoms with Crippen molar-refractivity contribution in [3.05, 3.63) is 88.7 Å². The smallest absolute Gasteiger partial charge is 0.338 e. The number of cyclic esters (lactones) is 1. The van der Waals surface area contributed by atoms with Crippen molar-refractivity contribution in [2.24, 2.45) is 0 Å². The summed E-state index contributed by atoms with van der Waals surface area (Å²) in [4.78, 5) is 24.9. The van der Waals surface area contributed by atoms with Crippen LogP contribution in [0.1, 0.15) is 36.0 Å². The molecule has 0 fully saturated rings. The van der Waals surface area contributed by atoms with Crippen LogP contribution in [0.5, 0.6) is 0 Å². The number of carbonyl (C=O) groups is 2. The summed E-state index contributed by atoms with van der Waals surface area (Å²) in [6.45, 7) is 4.01. The summed E-state index contributed by atoms with van der Waals surface area (Å²) >= 11 is 0. The van der Waals surface area contributed by atoms with Crippen molar-refractivity contribution < 1.29 is 19.1 Å². The Balaban J connectivity index is 2.05. The molecule has 0 unspecified atom stereocenters. The average Bonchev–Trinajstić information content (AvgIpc) is 2.67. The molecule has 1 aliphatic heterocycles. The predicted molar refractivity (Wildman–Crippen MR) is 104 cm³/mol. The molecule has 1 atom stereocenters. The number of rotatable bonds is 5. The number of esters is 2. The van der Waals surface area contributed by atoms with Gasteiger partial charge >= 0.3 is 11.9 Å². The van der Waals surface area contributed by atoms with Gasteiger partial charge in [-0.15, -0.1) is 0 Å². The van der Waals surface area contributed by atoms with Crippen LogP contribution in [0.25, 0.3) is 6.08 Å². The standard InChI is InChI=1S/C23H22O4/c1-3-26-23(25)22-19(18-12-9-16(2)10-13-18)15-21(24)27-20(22)14-11-17-7-5-4-6-8-17/h4-14,19H,3,15H2,1-2H3/b14-11+/t19-/m0/s1. The molecule has 3 rings (SSSR count). The fourth-order valence-corrected chi connectivity index (χ4v) is 3.05. The lowest BCUT2D eigenvalue weighted by atomic mass is 9.85. The maximum atomic E-state index is 12.7. The molecule has 0 aromatic heterocycles. The van der Waals surface area contributed by atoms with Gasteiger partial charge in [-0.25, -0.2) is 4.79 Å². The first-order chi connectivity index (χ1) is 13.1. The third-order valence-electron chi connectivity index (χ3n) is 4.41. The van der Waals surface area contributed by atoms with E-state index in [4.69, 9.17) is 9.47 Å². The summed E-state index contributed by atoms with van der Waals surface area (Å²) in [7, 11) is 0. The van der Waals surface area contributed by atoms with Gasteiger partial charge in [0, 0.05) is 5.92 Å². The zero-order valence-corrected chi connectivity index (χ0v) is 15.5. The van der Waals surface area contributed by atoms with Crippen molar-refractivity contribution in [2.45, 2.75) is 26.2 Å². The minimum atomic E-state index is -0.455. The second-order valence-corrected chi connectivity index (χ2v) is 6.38. The third kappa shape index (κ3) is 4.53. The van der Waals surface area contributed by atoms with Gasteiger partial charge in [-0.2, -0.15) is 0 Å². The van der Waals surface area contributed by atoms with Crippen LogP contribution >= 0.6 is 0 Å². The summed E-state index contributed by atoms with van der Waals surface area (Å²) in [6, 6.07) is 17.5. The number of benzene rings is 2. The number of allylic oxidation sites excluding steroid dienone is 1. The van der Waals surface area contributed by atoms with Crippen LogP contribution in [0.2, 0.25) is 0 Å². The number of carbonyl (C=O) groups excluding carboxylic acids is 2. The predicted octanol–water partition coefficient (Wildman–Crippen LogP) is 4.56. The molecule has 0 N–H and O–H groups in total. The molecule has 0 radical (unpaired) electrons. The zero-order valence-electron chi connectivity index (χ0n) is 15.5. The SMILES string of the molecule is CCOC(=O)C1=C(/C=C/c2ccccc2)OC(=O)C[C@H]1c1ccc(C)cc1. The molecule has 0 bridgehead atoms. The van der Waals surface area contributed by atoms with E-state index in [1.54, 1.807) is 13.0 Å². The van der Waals surface area contributed by atoms with Gasteiger partial charge < -0.3 is 9.47 Å². The third-order valence-corrected chi connectivity index (χ3v) is 4.41. The normalized spacial score (nSPS) is 17.1. The van der Waals surface area contributed by atoms with E-state index in [0.717, 1.165) is 16.7 Å². The number of hydrogen-bond donors (Lipinski definition) is 0. The zero-order chi connectivity index (χ0) is 19.2. The highest BCUT2D eigenvalue weighted by atomic mass is 16.5. The first-order valence-corrected chi connectivity index (χ1v) is 9.00. The Kier molecular flexibility index (Phi) is 5.87.